The first kappa shape index (κ1) is 17.0. The average Bonchev–Trinajstić information content (AvgIpc) is 2.86. The van der Waals surface area contributed by atoms with E-state index in [1.807, 2.05) is 43.7 Å². The Kier molecular flexibility index (Phi) is 4.24. The molecule has 1 atom stereocenters. The molecule has 7 nitrogen and oxygen atoms in total. The monoisotopic (exact) mass is 342 g/mol. The zero-order chi connectivity index (χ0) is 18.2. The van der Waals surface area contributed by atoms with E-state index in [4.69, 9.17) is 4.74 Å². The van der Waals surface area contributed by atoms with E-state index in [-0.39, 0.29) is 0 Å². The van der Waals surface area contributed by atoms with Gasteiger partial charge in [-0.15, -0.1) is 0 Å². The molecule has 2 N–H and O–H groups in total. The van der Waals surface area contributed by atoms with Gasteiger partial charge in [0.25, 0.3) is 17.4 Å². The molecule has 0 fully saturated rings. The van der Waals surface area contributed by atoms with Crippen LogP contribution in [0.1, 0.15) is 23.9 Å². The quantitative estimate of drug-likeness (QED) is 0.829. The molecule has 1 aliphatic rings. The summed E-state index contributed by atoms with van der Waals surface area (Å²) < 4.78 is 7.55. The molecular formula is C18H22N4O3. The van der Waals surface area contributed by atoms with Crippen LogP contribution in [0.15, 0.2) is 24.3 Å². The Morgan fingerprint density at radius 1 is 1.32 bits per heavy atom. The number of nitrogens with zero attached hydrogens (tertiary/aromatic N) is 2. The number of hydrogen-bond acceptors (Lipinski definition) is 4. The normalized spacial score (nSPS) is 19.0. The molecule has 0 spiro atoms. The predicted octanol–water partition coefficient (Wildman–Crippen LogP) is 1.71. The zero-order valence-corrected chi connectivity index (χ0v) is 14.8. The van der Waals surface area contributed by atoms with Gasteiger partial charge in [-0.3, -0.25) is 14.3 Å². The molecule has 25 heavy (non-hydrogen) atoms. The number of aromatic nitrogens is 2. The van der Waals surface area contributed by atoms with Gasteiger partial charge in [0.2, 0.25) is 0 Å². The van der Waals surface area contributed by atoms with E-state index in [2.05, 4.69) is 15.7 Å². The van der Waals surface area contributed by atoms with Crippen LogP contribution >= 0.6 is 0 Å². The molecule has 1 aliphatic heterocycles. The Bertz CT molecular complexity index is 843. The summed E-state index contributed by atoms with van der Waals surface area (Å²) in [6.07, 6.45) is 0. The first-order valence-corrected chi connectivity index (χ1v) is 8.20. The average molecular weight is 342 g/mol. The SMILES string of the molecule is Cc1ccc2c(c1)NC(=O)[C@@](C)(C(=O)NCCn1nc(C)cc1C)O2. The summed E-state index contributed by atoms with van der Waals surface area (Å²) >= 11 is 0. The van der Waals surface area contributed by atoms with Gasteiger partial charge in [0.15, 0.2) is 0 Å². The van der Waals surface area contributed by atoms with Crippen LogP contribution in [-0.4, -0.2) is 33.7 Å². The summed E-state index contributed by atoms with van der Waals surface area (Å²) in [7, 11) is 0. The molecule has 0 unspecified atom stereocenters. The summed E-state index contributed by atoms with van der Waals surface area (Å²) in [6.45, 7) is 8.16. The van der Waals surface area contributed by atoms with E-state index in [1.165, 1.54) is 6.92 Å². The minimum Gasteiger partial charge on any atom is -0.466 e. The van der Waals surface area contributed by atoms with Crippen LogP contribution in [0.2, 0.25) is 0 Å². The van der Waals surface area contributed by atoms with Crippen LogP contribution < -0.4 is 15.4 Å². The number of carbonyl (C=O) groups is 2. The summed E-state index contributed by atoms with van der Waals surface area (Å²) in [4.78, 5) is 25.0. The fourth-order valence-electron chi connectivity index (χ4n) is 2.83. The van der Waals surface area contributed by atoms with Crippen LogP contribution in [0, 0.1) is 20.8 Å². The molecular weight excluding hydrogens is 320 g/mol. The van der Waals surface area contributed by atoms with Crippen molar-refractivity contribution in [2.75, 3.05) is 11.9 Å². The van der Waals surface area contributed by atoms with Gasteiger partial charge >= 0.3 is 0 Å². The largest absolute Gasteiger partial charge is 0.466 e. The van der Waals surface area contributed by atoms with E-state index in [0.29, 0.717) is 24.5 Å². The van der Waals surface area contributed by atoms with Crippen molar-refractivity contribution in [3.05, 3.63) is 41.2 Å². The van der Waals surface area contributed by atoms with Crippen LogP contribution in [0.3, 0.4) is 0 Å². The van der Waals surface area contributed by atoms with Crippen molar-refractivity contribution in [2.45, 2.75) is 39.8 Å². The van der Waals surface area contributed by atoms with Crippen LogP contribution in [0.5, 0.6) is 5.75 Å². The minimum absolute atomic E-state index is 0.355. The summed E-state index contributed by atoms with van der Waals surface area (Å²) in [5.74, 6) is -0.464. The molecule has 0 aliphatic carbocycles. The van der Waals surface area contributed by atoms with Crippen molar-refractivity contribution >= 4 is 17.5 Å². The lowest BCUT2D eigenvalue weighted by molar-refractivity contribution is -0.146. The number of rotatable bonds is 4. The Balaban J connectivity index is 1.67. The number of nitrogens with one attached hydrogen (secondary N) is 2. The van der Waals surface area contributed by atoms with Crippen molar-refractivity contribution in [2.24, 2.45) is 0 Å². The molecule has 3 rings (SSSR count). The van der Waals surface area contributed by atoms with Crippen molar-refractivity contribution in [3.8, 4) is 5.75 Å². The molecule has 0 bridgehead atoms. The highest BCUT2D eigenvalue weighted by atomic mass is 16.5. The number of fused-ring (bicyclic) bond motifs is 1. The second-order valence-electron chi connectivity index (χ2n) is 6.50. The number of amides is 2. The molecule has 2 aromatic rings. The number of ether oxygens (including phenoxy) is 1. The zero-order valence-electron chi connectivity index (χ0n) is 14.8. The Labute approximate surface area is 146 Å². The van der Waals surface area contributed by atoms with E-state index >= 15 is 0 Å². The van der Waals surface area contributed by atoms with Gasteiger partial charge in [0.05, 0.1) is 17.9 Å². The first-order chi connectivity index (χ1) is 11.8. The maximum atomic E-state index is 12.6. The van der Waals surface area contributed by atoms with Crippen molar-refractivity contribution in [1.82, 2.24) is 15.1 Å². The highest BCUT2D eigenvalue weighted by molar-refractivity contribution is 6.15. The lowest BCUT2D eigenvalue weighted by Gasteiger charge is -2.33. The highest BCUT2D eigenvalue weighted by Gasteiger charge is 2.47. The van der Waals surface area contributed by atoms with E-state index in [9.17, 15) is 9.59 Å². The standard InChI is InChI=1S/C18H22N4O3/c1-11-5-6-15-14(9-11)20-17(24)18(4,25-15)16(23)19-7-8-22-13(3)10-12(2)21-22/h5-6,9-10H,7-8H2,1-4H3,(H,19,23)(H,20,24)/t18-/m1/s1. The van der Waals surface area contributed by atoms with Crippen LogP contribution in [-0.2, 0) is 16.1 Å². The van der Waals surface area contributed by atoms with E-state index in [0.717, 1.165) is 17.0 Å². The van der Waals surface area contributed by atoms with Crippen molar-refractivity contribution < 1.29 is 14.3 Å². The second kappa shape index (κ2) is 6.23. The first-order valence-electron chi connectivity index (χ1n) is 8.20. The Morgan fingerprint density at radius 2 is 2.08 bits per heavy atom. The minimum atomic E-state index is -1.60. The van der Waals surface area contributed by atoms with Gasteiger partial charge < -0.3 is 15.4 Å². The fourth-order valence-corrected chi connectivity index (χ4v) is 2.83. The molecule has 0 radical (unpaired) electrons. The maximum absolute atomic E-state index is 12.6. The van der Waals surface area contributed by atoms with Crippen molar-refractivity contribution in [1.29, 1.82) is 0 Å². The molecule has 0 saturated carbocycles. The lowest BCUT2D eigenvalue weighted by atomic mass is 10.0. The van der Waals surface area contributed by atoms with Gasteiger partial charge in [-0.05, 0) is 51.5 Å². The third kappa shape index (κ3) is 3.22. The number of anilines is 1. The molecule has 7 heteroatoms. The smallest absolute Gasteiger partial charge is 0.278 e. The van der Waals surface area contributed by atoms with E-state index in [1.54, 1.807) is 6.07 Å². The van der Waals surface area contributed by atoms with Crippen LogP contribution in [0.4, 0.5) is 5.69 Å². The molecule has 0 saturated heterocycles. The summed E-state index contributed by atoms with van der Waals surface area (Å²) in [5.41, 5.74) is 1.93. The molecule has 2 amide bonds. The van der Waals surface area contributed by atoms with E-state index < -0.39 is 17.4 Å². The fraction of sp³-hybridized carbons (Fsp3) is 0.389. The predicted molar refractivity (Wildman–Crippen MR) is 93.6 cm³/mol. The third-order valence-corrected chi connectivity index (χ3v) is 4.28. The third-order valence-electron chi connectivity index (χ3n) is 4.28. The maximum Gasteiger partial charge on any atom is 0.278 e. The van der Waals surface area contributed by atoms with Gasteiger partial charge in [0, 0.05) is 12.2 Å². The molecule has 2 heterocycles. The Morgan fingerprint density at radius 3 is 2.76 bits per heavy atom. The molecule has 132 valence electrons. The van der Waals surface area contributed by atoms with Gasteiger partial charge in [-0.2, -0.15) is 5.10 Å². The van der Waals surface area contributed by atoms with Crippen LogP contribution in [0.25, 0.3) is 0 Å². The van der Waals surface area contributed by atoms with Crippen molar-refractivity contribution in [3.63, 3.8) is 0 Å². The number of carbonyl (C=O) groups excluding carboxylic acids is 2. The second-order valence-corrected chi connectivity index (χ2v) is 6.50. The van der Waals surface area contributed by atoms with Gasteiger partial charge in [-0.25, -0.2) is 0 Å². The number of benzene rings is 1. The number of hydrogen-bond donors (Lipinski definition) is 2. The topological polar surface area (TPSA) is 85.3 Å². The summed E-state index contributed by atoms with van der Waals surface area (Å²) in [5, 5.41) is 9.86. The van der Waals surface area contributed by atoms with Gasteiger partial charge in [-0.1, -0.05) is 6.07 Å². The lowest BCUT2D eigenvalue weighted by Crippen LogP contribution is -2.59. The Hall–Kier alpha value is -2.83. The highest BCUT2D eigenvalue weighted by Crippen LogP contribution is 2.34. The molecule has 1 aromatic carbocycles. The summed E-state index contributed by atoms with van der Waals surface area (Å²) in [6, 6.07) is 7.41. The van der Waals surface area contributed by atoms with Gasteiger partial charge in [0.1, 0.15) is 5.75 Å². The molecule has 1 aromatic heterocycles. The number of aryl methyl sites for hydroxylation is 3.